The molecule has 0 aromatic rings. The molecule has 0 radical (unpaired) electrons. The van der Waals surface area contributed by atoms with Crippen molar-refractivity contribution in [3.63, 3.8) is 0 Å². The van der Waals surface area contributed by atoms with Crippen LogP contribution in [0.15, 0.2) is 0 Å². The molecule has 0 spiro atoms. The van der Waals surface area contributed by atoms with E-state index >= 15 is 0 Å². The molecular formula is C9H13N3O2. The smallest absolute Gasteiger partial charge is 0.243 e. The monoisotopic (exact) mass is 195 g/mol. The predicted molar refractivity (Wildman–Crippen MR) is 48.7 cm³/mol. The minimum absolute atomic E-state index is 0.0984. The van der Waals surface area contributed by atoms with E-state index in [4.69, 9.17) is 11.0 Å². The number of nitrogens with two attached hydrogens (primary N) is 1. The van der Waals surface area contributed by atoms with Crippen LogP contribution in [0.1, 0.15) is 19.8 Å². The van der Waals surface area contributed by atoms with Gasteiger partial charge in [-0.2, -0.15) is 5.26 Å². The molecule has 0 aliphatic heterocycles. The van der Waals surface area contributed by atoms with E-state index in [1.165, 1.54) is 4.90 Å². The first-order valence-corrected chi connectivity index (χ1v) is 4.54. The molecule has 76 valence electrons. The van der Waals surface area contributed by atoms with Crippen LogP contribution in [0.4, 0.5) is 0 Å². The van der Waals surface area contributed by atoms with Crippen LogP contribution >= 0.6 is 0 Å². The molecule has 14 heavy (non-hydrogen) atoms. The highest BCUT2D eigenvalue weighted by atomic mass is 16.2. The van der Waals surface area contributed by atoms with Crippen molar-refractivity contribution in [2.24, 2.45) is 11.1 Å². The van der Waals surface area contributed by atoms with Gasteiger partial charge in [-0.15, -0.1) is 0 Å². The summed E-state index contributed by atoms with van der Waals surface area (Å²) in [5.41, 5.74) is 4.14. The first-order valence-electron chi connectivity index (χ1n) is 4.54. The average Bonchev–Trinajstić information content (AvgIpc) is 2.93. The summed E-state index contributed by atoms with van der Waals surface area (Å²) in [6.45, 7) is 2.07. The summed E-state index contributed by atoms with van der Waals surface area (Å²) < 4.78 is 0. The molecule has 0 atom stereocenters. The third-order valence-electron chi connectivity index (χ3n) is 2.39. The van der Waals surface area contributed by atoms with Gasteiger partial charge < -0.3 is 10.6 Å². The molecule has 0 heterocycles. The molecule has 1 saturated carbocycles. The number of carbonyl (C=O) groups excluding carboxylic acids is 2. The zero-order chi connectivity index (χ0) is 10.8. The molecule has 0 unspecified atom stereocenters. The number of amides is 2. The molecule has 1 rings (SSSR count). The minimum Gasteiger partial charge on any atom is -0.368 e. The van der Waals surface area contributed by atoms with E-state index in [1.807, 2.05) is 6.07 Å². The van der Waals surface area contributed by atoms with Gasteiger partial charge >= 0.3 is 0 Å². The normalized spacial score (nSPS) is 16.9. The molecule has 5 nitrogen and oxygen atoms in total. The zero-order valence-corrected chi connectivity index (χ0v) is 8.12. The van der Waals surface area contributed by atoms with E-state index in [2.05, 4.69) is 0 Å². The molecule has 0 aromatic carbocycles. The quantitative estimate of drug-likeness (QED) is 0.663. The van der Waals surface area contributed by atoms with Crippen LogP contribution in [0.2, 0.25) is 0 Å². The second kappa shape index (κ2) is 3.66. The van der Waals surface area contributed by atoms with Gasteiger partial charge in [0.15, 0.2) is 0 Å². The van der Waals surface area contributed by atoms with E-state index in [9.17, 15) is 9.59 Å². The van der Waals surface area contributed by atoms with Crippen LogP contribution in [-0.4, -0.2) is 29.8 Å². The number of carbonyl (C=O) groups is 2. The summed E-state index contributed by atoms with van der Waals surface area (Å²) in [4.78, 5) is 23.7. The van der Waals surface area contributed by atoms with Crippen molar-refractivity contribution in [1.82, 2.24) is 4.90 Å². The van der Waals surface area contributed by atoms with E-state index in [0.29, 0.717) is 19.4 Å². The van der Waals surface area contributed by atoms with Crippen LogP contribution < -0.4 is 5.73 Å². The standard InChI is InChI=1S/C9H13N3O2/c1-2-12(5-7(11)13)8(14)9(6-10)3-4-9/h2-5H2,1H3,(H2,11,13). The molecule has 0 aromatic heterocycles. The van der Waals surface area contributed by atoms with E-state index in [1.54, 1.807) is 6.92 Å². The molecule has 5 heteroatoms. The summed E-state index contributed by atoms with van der Waals surface area (Å²) in [7, 11) is 0. The highest BCUT2D eigenvalue weighted by Gasteiger charge is 2.52. The number of nitriles is 1. The Balaban J connectivity index is 2.67. The number of primary amides is 1. The van der Waals surface area contributed by atoms with Crippen molar-refractivity contribution in [3.8, 4) is 6.07 Å². The van der Waals surface area contributed by atoms with Gasteiger partial charge in [0.1, 0.15) is 5.41 Å². The fraction of sp³-hybridized carbons (Fsp3) is 0.667. The van der Waals surface area contributed by atoms with Crippen LogP contribution in [-0.2, 0) is 9.59 Å². The fourth-order valence-corrected chi connectivity index (χ4v) is 1.32. The van der Waals surface area contributed by atoms with Crippen molar-refractivity contribution in [2.75, 3.05) is 13.1 Å². The summed E-state index contributed by atoms with van der Waals surface area (Å²) in [6.07, 6.45) is 1.19. The zero-order valence-electron chi connectivity index (χ0n) is 8.12. The lowest BCUT2D eigenvalue weighted by Gasteiger charge is -2.21. The Hall–Kier alpha value is -1.57. The number of hydrogen-bond acceptors (Lipinski definition) is 3. The van der Waals surface area contributed by atoms with E-state index in [-0.39, 0.29) is 12.5 Å². The number of rotatable bonds is 4. The number of hydrogen-bond donors (Lipinski definition) is 1. The maximum atomic E-state index is 11.7. The lowest BCUT2D eigenvalue weighted by atomic mass is 10.1. The van der Waals surface area contributed by atoms with Gasteiger partial charge in [0.25, 0.3) is 0 Å². The topological polar surface area (TPSA) is 87.2 Å². The average molecular weight is 195 g/mol. The van der Waals surface area contributed by atoms with E-state index < -0.39 is 11.3 Å². The second-order valence-corrected chi connectivity index (χ2v) is 3.48. The third kappa shape index (κ3) is 1.84. The Kier molecular flexibility index (Phi) is 2.75. The first kappa shape index (κ1) is 10.5. The lowest BCUT2D eigenvalue weighted by Crippen LogP contribution is -2.42. The van der Waals surface area contributed by atoms with Crippen LogP contribution in [0, 0.1) is 16.7 Å². The molecule has 2 N–H and O–H groups in total. The van der Waals surface area contributed by atoms with Gasteiger partial charge in [-0.3, -0.25) is 9.59 Å². The molecule has 1 fully saturated rings. The molecule has 1 aliphatic carbocycles. The van der Waals surface area contributed by atoms with Crippen LogP contribution in [0.25, 0.3) is 0 Å². The minimum atomic E-state index is -0.856. The third-order valence-corrected chi connectivity index (χ3v) is 2.39. The van der Waals surface area contributed by atoms with Crippen molar-refractivity contribution < 1.29 is 9.59 Å². The van der Waals surface area contributed by atoms with Crippen molar-refractivity contribution in [3.05, 3.63) is 0 Å². The van der Waals surface area contributed by atoms with Crippen LogP contribution in [0.5, 0.6) is 0 Å². The number of nitrogens with zero attached hydrogens (tertiary/aromatic N) is 2. The van der Waals surface area contributed by atoms with E-state index in [0.717, 1.165) is 0 Å². The van der Waals surface area contributed by atoms with Gasteiger partial charge in [0.2, 0.25) is 11.8 Å². The van der Waals surface area contributed by atoms with Crippen molar-refractivity contribution in [2.45, 2.75) is 19.8 Å². The SMILES string of the molecule is CCN(CC(N)=O)C(=O)C1(C#N)CC1. The summed E-state index contributed by atoms with van der Waals surface area (Å²) >= 11 is 0. The van der Waals surface area contributed by atoms with Gasteiger partial charge in [-0.1, -0.05) is 0 Å². The second-order valence-electron chi connectivity index (χ2n) is 3.48. The molecule has 0 bridgehead atoms. The Morgan fingerprint density at radius 2 is 2.14 bits per heavy atom. The molecule has 0 saturated heterocycles. The highest BCUT2D eigenvalue weighted by molar-refractivity contribution is 5.91. The number of likely N-dealkylation sites (N-methyl/N-ethyl adjacent to an activating group) is 1. The van der Waals surface area contributed by atoms with Gasteiger partial charge in [-0.25, -0.2) is 0 Å². The van der Waals surface area contributed by atoms with Gasteiger partial charge in [0.05, 0.1) is 12.6 Å². The Labute approximate surface area is 82.5 Å². The summed E-state index contributed by atoms with van der Waals surface area (Å²) in [5, 5.41) is 8.79. The van der Waals surface area contributed by atoms with Crippen molar-refractivity contribution in [1.29, 1.82) is 5.26 Å². The molecule has 1 aliphatic rings. The molecular weight excluding hydrogens is 182 g/mol. The lowest BCUT2D eigenvalue weighted by molar-refractivity contribution is -0.138. The van der Waals surface area contributed by atoms with Crippen LogP contribution in [0.3, 0.4) is 0 Å². The predicted octanol–water partition coefficient (Wildman–Crippen LogP) is -0.376. The summed E-state index contributed by atoms with van der Waals surface area (Å²) in [6, 6.07) is 2.00. The maximum absolute atomic E-state index is 11.7. The fourth-order valence-electron chi connectivity index (χ4n) is 1.32. The Morgan fingerprint density at radius 1 is 1.57 bits per heavy atom. The Morgan fingerprint density at radius 3 is 2.43 bits per heavy atom. The first-order chi connectivity index (χ1) is 6.55. The maximum Gasteiger partial charge on any atom is 0.243 e. The largest absolute Gasteiger partial charge is 0.368 e. The van der Waals surface area contributed by atoms with Crippen molar-refractivity contribution >= 4 is 11.8 Å². The molecule has 2 amide bonds. The summed E-state index contributed by atoms with van der Waals surface area (Å²) in [5.74, 6) is -0.810. The Bertz CT molecular complexity index is 302. The van der Waals surface area contributed by atoms with Gasteiger partial charge in [0, 0.05) is 6.54 Å². The highest BCUT2D eigenvalue weighted by Crippen LogP contribution is 2.46. The van der Waals surface area contributed by atoms with Gasteiger partial charge in [-0.05, 0) is 19.8 Å².